The standard InChI is InChI=1S/C30H26O8S2.O3S/c1-38-27-15-8-22(9-16-27)3-2-21-4-11-25(12-5-21)26-13-6-23(7-14-26)10-17-28-29(39(32,33)34)18-24(20-31)19-30(28)40(35,36)37;1-4(2)3/h2-19,31H,20H2,1H3,(H,32,33,34)(H,35,36,37);. The van der Waals surface area contributed by atoms with Crippen LogP contribution < -0.4 is 4.74 Å². The van der Waals surface area contributed by atoms with Crippen LogP contribution in [-0.2, 0) is 37.5 Å². The fourth-order valence-corrected chi connectivity index (χ4v) is 5.58. The summed E-state index contributed by atoms with van der Waals surface area (Å²) in [4.78, 5) is -1.50. The number of aliphatic hydroxyl groups excluding tert-OH is 1. The van der Waals surface area contributed by atoms with Crippen LogP contribution in [0.4, 0.5) is 0 Å². The van der Waals surface area contributed by atoms with Gasteiger partial charge >= 0.3 is 10.6 Å². The van der Waals surface area contributed by atoms with Gasteiger partial charge in [0.25, 0.3) is 20.2 Å². The zero-order valence-corrected chi connectivity index (χ0v) is 25.4. The van der Waals surface area contributed by atoms with Crippen LogP contribution in [0.2, 0.25) is 0 Å². The Labute approximate surface area is 256 Å². The van der Waals surface area contributed by atoms with Crippen LogP contribution in [0, 0.1) is 0 Å². The number of ether oxygens (including phenoxy) is 1. The van der Waals surface area contributed by atoms with Crippen molar-refractivity contribution in [2.75, 3.05) is 7.11 Å². The second-order valence-corrected chi connectivity index (χ2v) is 12.2. The quantitative estimate of drug-likeness (QED) is 0.167. The van der Waals surface area contributed by atoms with Gasteiger partial charge in [-0.15, -0.1) is 12.6 Å². The fraction of sp³-hybridized carbons (Fsp3) is 0.0667. The van der Waals surface area contributed by atoms with E-state index in [1.165, 1.54) is 12.2 Å². The first kappa shape index (κ1) is 34.1. The Morgan fingerprint density at radius 1 is 0.636 bits per heavy atom. The van der Waals surface area contributed by atoms with E-state index < -0.39 is 52.8 Å². The Hall–Kier alpha value is -4.44. The van der Waals surface area contributed by atoms with Gasteiger partial charge in [0.1, 0.15) is 15.5 Å². The van der Waals surface area contributed by atoms with Gasteiger partial charge in [0.15, 0.2) is 0 Å². The van der Waals surface area contributed by atoms with E-state index in [2.05, 4.69) is 0 Å². The molecule has 0 aliphatic rings. The van der Waals surface area contributed by atoms with Gasteiger partial charge in [-0.25, -0.2) is 0 Å². The van der Waals surface area contributed by atoms with Gasteiger partial charge < -0.3 is 9.84 Å². The minimum atomic E-state index is -4.87. The molecule has 0 spiro atoms. The molecular formula is C30H26O11S3. The zero-order chi connectivity index (χ0) is 32.5. The predicted molar refractivity (Wildman–Crippen MR) is 164 cm³/mol. The zero-order valence-electron chi connectivity index (χ0n) is 22.9. The van der Waals surface area contributed by atoms with Crippen LogP contribution in [-0.4, -0.2) is 50.8 Å². The normalized spacial score (nSPS) is 11.7. The molecular weight excluding hydrogens is 633 g/mol. The highest BCUT2D eigenvalue weighted by atomic mass is 32.2. The van der Waals surface area contributed by atoms with Crippen LogP contribution in [0.25, 0.3) is 35.4 Å². The van der Waals surface area contributed by atoms with Crippen molar-refractivity contribution in [2.45, 2.75) is 16.4 Å². The Morgan fingerprint density at radius 2 is 0.977 bits per heavy atom. The third-order valence-corrected chi connectivity index (χ3v) is 7.87. The van der Waals surface area contributed by atoms with E-state index in [0.29, 0.717) is 5.56 Å². The summed E-state index contributed by atoms with van der Waals surface area (Å²) < 4.78 is 97.5. The highest BCUT2D eigenvalue weighted by Gasteiger charge is 2.24. The maximum Gasteiger partial charge on any atom is 0.425 e. The molecule has 0 aliphatic heterocycles. The summed E-state index contributed by atoms with van der Waals surface area (Å²) in [6.45, 7) is -0.698. The van der Waals surface area contributed by atoms with Gasteiger partial charge in [0.2, 0.25) is 0 Å². The van der Waals surface area contributed by atoms with Crippen LogP contribution in [0.15, 0.2) is 94.7 Å². The van der Waals surface area contributed by atoms with Crippen molar-refractivity contribution < 1.29 is 48.4 Å². The topological polar surface area (TPSA) is 189 Å². The van der Waals surface area contributed by atoms with Crippen molar-refractivity contribution in [3.05, 3.63) is 113 Å². The lowest BCUT2D eigenvalue weighted by molar-refractivity contribution is 0.281. The van der Waals surface area contributed by atoms with E-state index in [0.717, 1.165) is 40.1 Å². The van der Waals surface area contributed by atoms with E-state index in [4.69, 9.17) is 17.4 Å². The SMILES string of the molecule is COc1ccc(C=Cc2ccc(-c3ccc(C=Cc4c(S(=O)(=O)O)cc(CO)cc4S(=O)(=O)O)cc3)cc2)cc1.O=S(=O)=O. The average molecular weight is 659 g/mol. The lowest BCUT2D eigenvalue weighted by Crippen LogP contribution is -2.09. The molecule has 0 aliphatic carbocycles. The number of aliphatic hydroxyl groups is 1. The van der Waals surface area contributed by atoms with Crippen LogP contribution >= 0.6 is 0 Å². The van der Waals surface area contributed by atoms with Gasteiger partial charge in [-0.2, -0.15) is 16.8 Å². The summed E-state index contributed by atoms with van der Waals surface area (Å²) in [6, 6.07) is 24.8. The molecule has 0 radical (unpaired) electrons. The van der Waals surface area contributed by atoms with Crippen molar-refractivity contribution in [1.29, 1.82) is 0 Å². The number of benzene rings is 4. The molecule has 0 heterocycles. The summed E-state index contributed by atoms with van der Waals surface area (Å²) in [5, 5.41) is 9.36. The molecule has 0 saturated carbocycles. The van der Waals surface area contributed by atoms with Crippen molar-refractivity contribution >= 4 is 55.1 Å². The summed E-state index contributed by atoms with van der Waals surface area (Å²) in [7, 11) is -11.2. The maximum absolute atomic E-state index is 11.9. The predicted octanol–water partition coefficient (Wildman–Crippen LogP) is 4.68. The van der Waals surface area contributed by atoms with E-state index in [9.17, 15) is 31.0 Å². The Bertz CT molecular complexity index is 1940. The molecule has 11 nitrogen and oxygen atoms in total. The van der Waals surface area contributed by atoms with Gasteiger partial charge in [0, 0.05) is 5.56 Å². The molecule has 0 atom stereocenters. The molecule has 3 N–H and O–H groups in total. The van der Waals surface area contributed by atoms with Crippen molar-refractivity contribution in [3.8, 4) is 16.9 Å². The Balaban J connectivity index is 0.00000124. The van der Waals surface area contributed by atoms with Crippen LogP contribution in [0.5, 0.6) is 5.75 Å². The molecule has 4 rings (SSSR count). The van der Waals surface area contributed by atoms with E-state index in [-0.39, 0.29) is 5.56 Å². The molecule has 0 bridgehead atoms. The third-order valence-electron chi connectivity index (χ3n) is 6.08. The van der Waals surface area contributed by atoms with E-state index >= 15 is 0 Å². The number of hydrogen-bond acceptors (Lipinski definition) is 9. The van der Waals surface area contributed by atoms with E-state index in [1.807, 2.05) is 72.8 Å². The molecule has 0 unspecified atom stereocenters. The van der Waals surface area contributed by atoms with Gasteiger partial charge in [-0.05, 0) is 57.6 Å². The Kier molecular flexibility index (Phi) is 11.5. The van der Waals surface area contributed by atoms with E-state index in [1.54, 1.807) is 19.2 Å². The minimum absolute atomic E-state index is 0.107. The maximum atomic E-state index is 11.9. The first-order chi connectivity index (χ1) is 20.7. The monoisotopic (exact) mass is 658 g/mol. The highest BCUT2D eigenvalue weighted by molar-refractivity contribution is 7.86. The third kappa shape index (κ3) is 9.80. The smallest absolute Gasteiger partial charge is 0.425 e. The second kappa shape index (κ2) is 14.8. The fourth-order valence-electron chi connectivity index (χ4n) is 4.00. The largest absolute Gasteiger partial charge is 0.497 e. The van der Waals surface area contributed by atoms with Gasteiger partial charge in [-0.1, -0.05) is 85.0 Å². The first-order valence-electron chi connectivity index (χ1n) is 12.4. The lowest BCUT2D eigenvalue weighted by atomic mass is 10.0. The summed E-state index contributed by atoms with van der Waals surface area (Å²) in [6.07, 6.45) is 6.64. The van der Waals surface area contributed by atoms with Crippen LogP contribution in [0.3, 0.4) is 0 Å². The van der Waals surface area contributed by atoms with Gasteiger partial charge in [-0.3, -0.25) is 9.11 Å². The van der Waals surface area contributed by atoms with Crippen molar-refractivity contribution in [1.82, 2.24) is 0 Å². The van der Waals surface area contributed by atoms with Crippen molar-refractivity contribution in [2.24, 2.45) is 0 Å². The molecule has 0 fully saturated rings. The molecule has 0 aromatic heterocycles. The first-order valence-corrected chi connectivity index (χ1v) is 16.3. The van der Waals surface area contributed by atoms with Crippen molar-refractivity contribution in [3.63, 3.8) is 0 Å². The lowest BCUT2D eigenvalue weighted by Gasteiger charge is -2.11. The summed E-state index contributed by atoms with van der Waals surface area (Å²) in [5.41, 5.74) is 4.04. The molecule has 44 heavy (non-hydrogen) atoms. The molecule has 0 amide bonds. The van der Waals surface area contributed by atoms with Crippen LogP contribution in [0.1, 0.15) is 27.8 Å². The average Bonchev–Trinajstić information content (AvgIpc) is 2.98. The highest BCUT2D eigenvalue weighted by Crippen LogP contribution is 2.29. The molecule has 4 aromatic carbocycles. The Morgan fingerprint density at radius 3 is 1.30 bits per heavy atom. The minimum Gasteiger partial charge on any atom is -0.497 e. The number of methoxy groups -OCH3 is 1. The number of hydrogen-bond donors (Lipinski definition) is 3. The number of rotatable bonds is 9. The molecule has 4 aromatic rings. The molecule has 230 valence electrons. The van der Waals surface area contributed by atoms with Gasteiger partial charge in [0.05, 0.1) is 13.7 Å². The second-order valence-electron chi connectivity index (χ2n) is 9.00. The summed E-state index contributed by atoms with van der Waals surface area (Å²) >= 11 is 0. The summed E-state index contributed by atoms with van der Waals surface area (Å²) in [5.74, 6) is 0.797. The molecule has 14 heteroatoms. The molecule has 0 saturated heterocycles.